The number of carbonyl (C=O) groups is 3. The Hall–Kier alpha value is -2.77. The molecule has 1 aliphatic rings. The van der Waals surface area contributed by atoms with Crippen molar-refractivity contribution in [3.63, 3.8) is 0 Å². The van der Waals surface area contributed by atoms with Crippen LogP contribution in [0.2, 0.25) is 0 Å². The van der Waals surface area contributed by atoms with Gasteiger partial charge in [-0.25, -0.2) is 9.59 Å². The molecule has 0 saturated carbocycles. The van der Waals surface area contributed by atoms with E-state index in [1.165, 1.54) is 0 Å². The molecule has 1 fully saturated rings. The average molecular weight is 363 g/mol. The third-order valence-corrected chi connectivity index (χ3v) is 3.63. The lowest BCUT2D eigenvalue weighted by Crippen LogP contribution is -2.61. The Bertz CT molecular complexity index is 642. The lowest BCUT2D eigenvalue weighted by Gasteiger charge is -2.33. The van der Waals surface area contributed by atoms with Crippen LogP contribution in [0.25, 0.3) is 0 Å². The highest BCUT2D eigenvalue weighted by Crippen LogP contribution is 2.10. The number of ether oxygens (including phenoxy) is 2. The minimum atomic E-state index is -0.649. The molecule has 2 rings (SSSR count). The highest BCUT2D eigenvalue weighted by Gasteiger charge is 2.33. The van der Waals surface area contributed by atoms with E-state index in [1.54, 1.807) is 20.8 Å². The predicted octanol–water partition coefficient (Wildman–Crippen LogP) is 1.69. The topological polar surface area (TPSA) is 106 Å². The number of rotatable bonds is 4. The molecule has 1 aromatic carbocycles. The summed E-state index contributed by atoms with van der Waals surface area (Å²) < 4.78 is 10.4. The van der Waals surface area contributed by atoms with Crippen molar-refractivity contribution in [2.45, 2.75) is 51.5 Å². The van der Waals surface area contributed by atoms with Gasteiger partial charge in [0.1, 0.15) is 12.2 Å². The van der Waals surface area contributed by atoms with Crippen LogP contribution in [0.4, 0.5) is 9.59 Å². The normalized spacial score (nSPS) is 19.9. The highest BCUT2D eigenvalue weighted by molar-refractivity contribution is 5.79. The van der Waals surface area contributed by atoms with Gasteiger partial charge in [0.05, 0.1) is 12.1 Å². The van der Waals surface area contributed by atoms with Crippen LogP contribution in [0.15, 0.2) is 30.3 Å². The Labute approximate surface area is 152 Å². The first-order valence-electron chi connectivity index (χ1n) is 8.46. The molecule has 2 unspecified atom stereocenters. The molecule has 3 N–H and O–H groups in total. The van der Waals surface area contributed by atoms with Crippen molar-refractivity contribution in [2.75, 3.05) is 6.54 Å². The van der Waals surface area contributed by atoms with Crippen LogP contribution >= 0.6 is 0 Å². The van der Waals surface area contributed by atoms with E-state index < -0.39 is 29.9 Å². The van der Waals surface area contributed by atoms with Crippen molar-refractivity contribution in [3.8, 4) is 0 Å². The van der Waals surface area contributed by atoms with Gasteiger partial charge in [0.25, 0.3) is 0 Å². The maximum atomic E-state index is 12.0. The Morgan fingerprint density at radius 1 is 1.12 bits per heavy atom. The molecule has 1 saturated heterocycles. The highest BCUT2D eigenvalue weighted by atomic mass is 16.6. The number of hydrogen-bond donors (Lipinski definition) is 3. The second-order valence-electron chi connectivity index (χ2n) is 7.07. The van der Waals surface area contributed by atoms with Gasteiger partial charge in [0.2, 0.25) is 5.91 Å². The molecule has 1 heterocycles. The summed E-state index contributed by atoms with van der Waals surface area (Å²) in [4.78, 5) is 35.7. The molecule has 0 aliphatic carbocycles. The summed E-state index contributed by atoms with van der Waals surface area (Å²) in [5.41, 5.74) is 0.215. The van der Waals surface area contributed by atoms with Gasteiger partial charge < -0.3 is 25.4 Å². The quantitative estimate of drug-likeness (QED) is 0.755. The van der Waals surface area contributed by atoms with Crippen molar-refractivity contribution in [2.24, 2.45) is 0 Å². The summed E-state index contributed by atoms with van der Waals surface area (Å²) in [6.45, 7) is 5.58. The van der Waals surface area contributed by atoms with Gasteiger partial charge in [-0.2, -0.15) is 0 Å². The summed E-state index contributed by atoms with van der Waals surface area (Å²) in [7, 11) is 0. The second-order valence-corrected chi connectivity index (χ2v) is 7.07. The van der Waals surface area contributed by atoms with Crippen LogP contribution < -0.4 is 16.0 Å². The lowest BCUT2D eigenvalue weighted by molar-refractivity contribution is -0.123. The van der Waals surface area contributed by atoms with Crippen LogP contribution in [0.1, 0.15) is 32.8 Å². The SMILES string of the molecule is CC(C)(C)OC(=O)NC1CNC(=O)CC1NC(=O)OCc1ccccc1. The van der Waals surface area contributed by atoms with Crippen molar-refractivity contribution >= 4 is 18.1 Å². The van der Waals surface area contributed by atoms with Crippen LogP contribution in [0.3, 0.4) is 0 Å². The fourth-order valence-electron chi connectivity index (χ4n) is 2.46. The van der Waals surface area contributed by atoms with E-state index >= 15 is 0 Å². The van der Waals surface area contributed by atoms with Gasteiger partial charge in [-0.05, 0) is 26.3 Å². The zero-order valence-corrected chi connectivity index (χ0v) is 15.2. The van der Waals surface area contributed by atoms with E-state index in [9.17, 15) is 14.4 Å². The van der Waals surface area contributed by atoms with E-state index in [0.717, 1.165) is 5.56 Å². The minimum absolute atomic E-state index is 0.0426. The molecule has 142 valence electrons. The number of hydrogen-bond acceptors (Lipinski definition) is 5. The van der Waals surface area contributed by atoms with E-state index in [0.29, 0.717) is 0 Å². The van der Waals surface area contributed by atoms with Crippen molar-refractivity contribution in [1.29, 1.82) is 0 Å². The molecule has 0 spiro atoms. The molecule has 3 amide bonds. The Kier molecular flexibility index (Phi) is 6.43. The average Bonchev–Trinajstić information content (AvgIpc) is 2.55. The summed E-state index contributed by atoms with van der Waals surface area (Å²) in [5, 5.41) is 7.98. The molecule has 0 aromatic heterocycles. The first kappa shape index (κ1) is 19.6. The van der Waals surface area contributed by atoms with Gasteiger partial charge in [-0.15, -0.1) is 0 Å². The molecule has 8 nitrogen and oxygen atoms in total. The van der Waals surface area contributed by atoms with E-state index in [1.807, 2.05) is 30.3 Å². The summed E-state index contributed by atoms with van der Waals surface area (Å²) in [6, 6.07) is 8.18. The largest absolute Gasteiger partial charge is 0.445 e. The Morgan fingerprint density at radius 2 is 1.77 bits per heavy atom. The molecule has 0 bridgehead atoms. The Morgan fingerprint density at radius 3 is 2.42 bits per heavy atom. The summed E-state index contributed by atoms with van der Waals surface area (Å²) in [5.74, 6) is -0.208. The standard InChI is InChI=1S/C18H25N3O5/c1-18(2,3)26-17(24)21-14-10-19-15(22)9-13(14)20-16(23)25-11-12-7-5-4-6-8-12/h4-8,13-14H,9-11H2,1-3H3,(H,19,22)(H,20,23)(H,21,24). The number of alkyl carbamates (subject to hydrolysis) is 2. The zero-order valence-electron chi connectivity index (χ0n) is 15.2. The van der Waals surface area contributed by atoms with Gasteiger partial charge in [0.15, 0.2) is 0 Å². The number of carbonyl (C=O) groups excluding carboxylic acids is 3. The van der Waals surface area contributed by atoms with E-state index in [2.05, 4.69) is 16.0 Å². The molecule has 1 aromatic rings. The van der Waals surface area contributed by atoms with Crippen LogP contribution in [0, 0.1) is 0 Å². The fourth-order valence-corrected chi connectivity index (χ4v) is 2.46. The van der Waals surface area contributed by atoms with Crippen LogP contribution in [-0.2, 0) is 20.9 Å². The van der Waals surface area contributed by atoms with Crippen LogP contribution in [-0.4, -0.2) is 42.3 Å². The maximum absolute atomic E-state index is 12.0. The number of piperidine rings is 1. The molecule has 0 radical (unpaired) electrons. The molecule has 26 heavy (non-hydrogen) atoms. The zero-order chi connectivity index (χ0) is 19.2. The van der Waals surface area contributed by atoms with Gasteiger partial charge >= 0.3 is 12.2 Å². The van der Waals surface area contributed by atoms with Gasteiger partial charge in [0, 0.05) is 13.0 Å². The molecular weight excluding hydrogens is 338 g/mol. The van der Waals surface area contributed by atoms with E-state index in [-0.39, 0.29) is 25.5 Å². The maximum Gasteiger partial charge on any atom is 0.408 e. The summed E-state index contributed by atoms with van der Waals surface area (Å²) >= 11 is 0. The second kappa shape index (κ2) is 8.55. The van der Waals surface area contributed by atoms with Crippen LogP contribution in [0.5, 0.6) is 0 Å². The molecule has 2 atom stereocenters. The number of nitrogens with one attached hydrogen (secondary N) is 3. The van der Waals surface area contributed by atoms with Crippen molar-refractivity contribution in [3.05, 3.63) is 35.9 Å². The summed E-state index contributed by atoms with van der Waals surface area (Å²) in [6.07, 6.45) is -1.21. The fraction of sp³-hybridized carbons (Fsp3) is 0.500. The molecule has 8 heteroatoms. The third-order valence-electron chi connectivity index (χ3n) is 3.63. The van der Waals surface area contributed by atoms with Crippen molar-refractivity contribution in [1.82, 2.24) is 16.0 Å². The molecule has 1 aliphatic heterocycles. The predicted molar refractivity (Wildman–Crippen MR) is 94.3 cm³/mol. The molecular formula is C18H25N3O5. The number of benzene rings is 1. The van der Waals surface area contributed by atoms with Crippen molar-refractivity contribution < 1.29 is 23.9 Å². The Balaban J connectivity index is 1.89. The van der Waals surface area contributed by atoms with E-state index in [4.69, 9.17) is 9.47 Å². The third kappa shape index (κ3) is 6.62. The first-order chi connectivity index (χ1) is 12.2. The smallest absolute Gasteiger partial charge is 0.408 e. The monoisotopic (exact) mass is 363 g/mol. The minimum Gasteiger partial charge on any atom is -0.445 e. The lowest BCUT2D eigenvalue weighted by atomic mass is 10.0. The first-order valence-corrected chi connectivity index (χ1v) is 8.46. The number of amides is 3. The van der Waals surface area contributed by atoms with Gasteiger partial charge in [-0.3, -0.25) is 4.79 Å². The van der Waals surface area contributed by atoms with Gasteiger partial charge in [-0.1, -0.05) is 30.3 Å².